The van der Waals surface area contributed by atoms with E-state index in [0.29, 0.717) is 0 Å². The lowest BCUT2D eigenvalue weighted by atomic mass is 10.3. The molecule has 0 bridgehead atoms. The van der Waals surface area contributed by atoms with Gasteiger partial charge in [0, 0.05) is 26.5 Å². The predicted octanol–water partition coefficient (Wildman–Crippen LogP) is 1.83. The normalized spacial score (nSPS) is 12.8. The number of hydrogen-bond donors (Lipinski definition) is 1. The molecule has 3 aromatic heterocycles. The Kier molecular flexibility index (Phi) is 2.70. The van der Waals surface area contributed by atoms with Gasteiger partial charge in [0.05, 0.1) is 5.52 Å². The molecule has 0 aromatic carbocycles. The number of nitrogens with zero attached hydrogens (tertiary/aromatic N) is 5. The van der Waals surface area contributed by atoms with Crippen LogP contribution in [0.2, 0.25) is 0 Å². The average molecular weight is 256 g/mol. The van der Waals surface area contributed by atoms with Gasteiger partial charge in [0.25, 0.3) is 0 Å². The van der Waals surface area contributed by atoms with Crippen LogP contribution in [-0.4, -0.2) is 38.8 Å². The van der Waals surface area contributed by atoms with Crippen molar-refractivity contribution in [3.8, 4) is 0 Å². The van der Waals surface area contributed by atoms with Crippen LogP contribution >= 0.6 is 0 Å². The van der Waals surface area contributed by atoms with Crippen molar-refractivity contribution in [3.05, 3.63) is 36.4 Å². The minimum Gasteiger partial charge on any atom is -0.363 e. The van der Waals surface area contributed by atoms with Crippen molar-refractivity contribution in [2.45, 2.75) is 13.0 Å². The van der Waals surface area contributed by atoms with Gasteiger partial charge in [0.1, 0.15) is 17.7 Å². The van der Waals surface area contributed by atoms with E-state index in [4.69, 9.17) is 0 Å². The van der Waals surface area contributed by atoms with E-state index >= 15 is 0 Å². The summed E-state index contributed by atoms with van der Waals surface area (Å²) in [5.74, 6) is 1.76. The Balaban J connectivity index is 2.02. The number of aromatic nitrogens is 5. The van der Waals surface area contributed by atoms with E-state index in [9.17, 15) is 0 Å². The first kappa shape index (κ1) is 11.7. The number of anilines is 1. The highest BCUT2D eigenvalue weighted by molar-refractivity contribution is 5.73. The van der Waals surface area contributed by atoms with Crippen molar-refractivity contribution >= 4 is 17.0 Å². The fraction of sp³-hybridized carbons (Fsp3) is 0.308. The van der Waals surface area contributed by atoms with E-state index in [1.165, 1.54) is 0 Å². The molecule has 0 saturated carbocycles. The molecule has 1 unspecified atom stereocenters. The van der Waals surface area contributed by atoms with Crippen LogP contribution in [0, 0.1) is 0 Å². The van der Waals surface area contributed by atoms with Gasteiger partial charge in [-0.25, -0.2) is 9.97 Å². The third-order valence-electron chi connectivity index (χ3n) is 3.13. The fourth-order valence-electron chi connectivity index (χ4n) is 1.98. The largest absolute Gasteiger partial charge is 0.363 e. The van der Waals surface area contributed by atoms with Crippen LogP contribution in [0.1, 0.15) is 18.8 Å². The average Bonchev–Trinajstić information content (AvgIpc) is 3.06. The van der Waals surface area contributed by atoms with Gasteiger partial charge in [-0.05, 0) is 25.1 Å². The zero-order valence-corrected chi connectivity index (χ0v) is 11.2. The van der Waals surface area contributed by atoms with Crippen LogP contribution in [-0.2, 0) is 0 Å². The number of nitrogens with one attached hydrogen (secondary N) is 1. The fourth-order valence-corrected chi connectivity index (χ4v) is 1.98. The van der Waals surface area contributed by atoms with Crippen molar-refractivity contribution in [2.75, 3.05) is 19.0 Å². The van der Waals surface area contributed by atoms with Crippen LogP contribution in [0.15, 0.2) is 30.6 Å². The van der Waals surface area contributed by atoms with Crippen LogP contribution < -0.4 is 4.90 Å². The number of pyridine rings is 1. The molecule has 3 heterocycles. The highest BCUT2D eigenvalue weighted by atomic mass is 15.3. The third-order valence-corrected chi connectivity index (χ3v) is 3.13. The summed E-state index contributed by atoms with van der Waals surface area (Å²) in [5.41, 5.74) is 1.68. The maximum atomic E-state index is 4.56. The van der Waals surface area contributed by atoms with Gasteiger partial charge < -0.3 is 9.88 Å². The van der Waals surface area contributed by atoms with E-state index in [2.05, 4.69) is 27.0 Å². The highest BCUT2D eigenvalue weighted by Crippen LogP contribution is 2.19. The number of aromatic amines is 1. The lowest BCUT2D eigenvalue weighted by Gasteiger charge is -2.09. The Hall–Kier alpha value is -2.37. The molecule has 0 saturated heterocycles. The van der Waals surface area contributed by atoms with E-state index in [0.717, 1.165) is 22.8 Å². The van der Waals surface area contributed by atoms with Crippen molar-refractivity contribution in [3.63, 3.8) is 0 Å². The molecule has 0 spiro atoms. The number of H-pyrrole nitrogens is 1. The first-order valence-corrected chi connectivity index (χ1v) is 6.18. The molecule has 6 heteroatoms. The summed E-state index contributed by atoms with van der Waals surface area (Å²) in [4.78, 5) is 14.3. The van der Waals surface area contributed by atoms with Gasteiger partial charge in [-0.1, -0.05) is 0 Å². The van der Waals surface area contributed by atoms with Gasteiger partial charge >= 0.3 is 0 Å². The second kappa shape index (κ2) is 4.38. The molecule has 98 valence electrons. The molecule has 1 atom stereocenters. The van der Waals surface area contributed by atoms with Gasteiger partial charge in [-0.3, -0.25) is 4.68 Å². The Morgan fingerprint density at radius 2 is 2.11 bits per heavy atom. The minimum absolute atomic E-state index is 0.0620. The highest BCUT2D eigenvalue weighted by Gasteiger charge is 2.13. The van der Waals surface area contributed by atoms with Gasteiger partial charge in [-0.2, -0.15) is 5.10 Å². The van der Waals surface area contributed by atoms with E-state index in [1.54, 1.807) is 6.20 Å². The number of rotatable bonds is 3. The zero-order chi connectivity index (χ0) is 13.4. The Morgan fingerprint density at radius 1 is 1.26 bits per heavy atom. The molecule has 6 nitrogen and oxygen atoms in total. The maximum absolute atomic E-state index is 4.56. The molecule has 0 aliphatic heterocycles. The summed E-state index contributed by atoms with van der Waals surface area (Å²) in [5, 5.41) is 4.24. The van der Waals surface area contributed by atoms with E-state index in [-0.39, 0.29) is 6.04 Å². The van der Waals surface area contributed by atoms with E-state index < -0.39 is 0 Å². The molecule has 0 amide bonds. The third kappa shape index (κ3) is 2.05. The van der Waals surface area contributed by atoms with Crippen LogP contribution in [0.4, 0.5) is 5.82 Å². The van der Waals surface area contributed by atoms with Crippen LogP contribution in [0.25, 0.3) is 11.2 Å². The predicted molar refractivity (Wildman–Crippen MR) is 74.3 cm³/mol. The van der Waals surface area contributed by atoms with Crippen molar-refractivity contribution in [1.29, 1.82) is 0 Å². The van der Waals surface area contributed by atoms with Gasteiger partial charge in [0.15, 0.2) is 5.65 Å². The summed E-state index contributed by atoms with van der Waals surface area (Å²) in [6.45, 7) is 2.05. The smallest absolute Gasteiger partial charge is 0.179 e. The Bertz CT molecular complexity index is 682. The summed E-state index contributed by atoms with van der Waals surface area (Å²) in [7, 11) is 3.93. The zero-order valence-electron chi connectivity index (χ0n) is 11.2. The molecule has 0 radical (unpaired) electrons. The SMILES string of the molecule is CC(c1nc2nc(N(C)C)ccc2[nH]1)n1cccn1. The van der Waals surface area contributed by atoms with E-state index in [1.807, 2.05) is 48.1 Å². The number of fused-ring (bicyclic) bond motifs is 1. The topological polar surface area (TPSA) is 62.6 Å². The number of imidazole rings is 1. The Labute approximate surface area is 111 Å². The minimum atomic E-state index is 0.0620. The molecule has 3 rings (SSSR count). The Morgan fingerprint density at radius 3 is 2.79 bits per heavy atom. The van der Waals surface area contributed by atoms with Crippen molar-refractivity contribution < 1.29 is 0 Å². The lowest BCUT2D eigenvalue weighted by Crippen LogP contribution is -2.10. The molecule has 0 fully saturated rings. The molecule has 0 aliphatic carbocycles. The molecule has 19 heavy (non-hydrogen) atoms. The molecule has 1 N–H and O–H groups in total. The van der Waals surface area contributed by atoms with Gasteiger partial charge in [0.2, 0.25) is 0 Å². The second-order valence-electron chi connectivity index (χ2n) is 4.72. The molecular formula is C13H16N6. The van der Waals surface area contributed by atoms with Crippen LogP contribution in [0.3, 0.4) is 0 Å². The van der Waals surface area contributed by atoms with Gasteiger partial charge in [-0.15, -0.1) is 0 Å². The van der Waals surface area contributed by atoms with Crippen molar-refractivity contribution in [2.24, 2.45) is 0 Å². The summed E-state index contributed by atoms with van der Waals surface area (Å²) in [6, 6.07) is 5.95. The quantitative estimate of drug-likeness (QED) is 0.776. The maximum Gasteiger partial charge on any atom is 0.179 e. The number of hydrogen-bond acceptors (Lipinski definition) is 4. The summed E-state index contributed by atoms with van der Waals surface area (Å²) < 4.78 is 1.87. The first-order valence-electron chi connectivity index (χ1n) is 6.18. The molecule has 3 aromatic rings. The second-order valence-corrected chi connectivity index (χ2v) is 4.72. The summed E-state index contributed by atoms with van der Waals surface area (Å²) in [6.07, 6.45) is 3.69. The lowest BCUT2D eigenvalue weighted by molar-refractivity contribution is 0.542. The van der Waals surface area contributed by atoms with Crippen LogP contribution in [0.5, 0.6) is 0 Å². The molecular weight excluding hydrogens is 240 g/mol. The summed E-state index contributed by atoms with van der Waals surface area (Å²) >= 11 is 0. The monoisotopic (exact) mass is 256 g/mol. The molecule has 0 aliphatic rings. The first-order chi connectivity index (χ1) is 9.15. The van der Waals surface area contributed by atoms with Crippen molar-refractivity contribution in [1.82, 2.24) is 24.7 Å². The standard InChI is InChI=1S/C13H16N6/c1-9(19-8-4-7-14-19)12-15-10-5-6-11(18(2)3)16-13(10)17-12/h4-9H,1-3H3,(H,15,16,17).